The largest absolute Gasteiger partial charge is 0.333 e. The lowest BCUT2D eigenvalue weighted by molar-refractivity contribution is -0.134. The van der Waals surface area contributed by atoms with Crippen LogP contribution in [0.4, 0.5) is 0 Å². The lowest BCUT2D eigenvalue weighted by atomic mass is 10.0. The van der Waals surface area contributed by atoms with Crippen molar-refractivity contribution in [1.29, 1.82) is 0 Å². The number of nitrogens with one attached hydrogen (secondary N) is 1. The lowest BCUT2D eigenvalue weighted by Crippen LogP contribution is -2.48. The summed E-state index contributed by atoms with van der Waals surface area (Å²) < 4.78 is 1.77. The fourth-order valence-electron chi connectivity index (χ4n) is 3.03. The summed E-state index contributed by atoms with van der Waals surface area (Å²) in [6.07, 6.45) is 11.6. The average molecular weight is 314 g/mol. The monoisotopic (exact) mass is 314 g/mol. The highest BCUT2D eigenvalue weighted by molar-refractivity contribution is 5.77. The van der Waals surface area contributed by atoms with Gasteiger partial charge in [-0.05, 0) is 0 Å². The summed E-state index contributed by atoms with van der Waals surface area (Å²) in [5.74, 6) is 2.76. The summed E-state index contributed by atoms with van der Waals surface area (Å²) in [5, 5.41) is 15.8. The van der Waals surface area contributed by atoms with Gasteiger partial charge >= 0.3 is 0 Å². The molecule has 1 saturated heterocycles. The van der Waals surface area contributed by atoms with E-state index < -0.39 is 0 Å². The van der Waals surface area contributed by atoms with Crippen LogP contribution in [0.15, 0.2) is 22.6 Å². The van der Waals surface area contributed by atoms with Gasteiger partial charge in [-0.25, -0.2) is 0 Å². The van der Waals surface area contributed by atoms with Gasteiger partial charge in [0.2, 0.25) is 5.91 Å². The quantitative estimate of drug-likeness (QED) is 0.803. The van der Waals surface area contributed by atoms with Crippen LogP contribution in [0.1, 0.15) is 37.3 Å². The van der Waals surface area contributed by atoms with Crippen molar-refractivity contribution in [3.8, 4) is 12.3 Å². The van der Waals surface area contributed by atoms with E-state index in [9.17, 15) is 4.79 Å². The third-order valence-electron chi connectivity index (χ3n) is 4.47. The SMILES string of the molecule is C#CCCC1(CCC(=O)N2CCNCC2c2cnn(C)c2)N=N1. The normalized spacial score (nSPS) is 21.9. The summed E-state index contributed by atoms with van der Waals surface area (Å²) >= 11 is 0. The van der Waals surface area contributed by atoms with Gasteiger partial charge < -0.3 is 10.2 Å². The highest BCUT2D eigenvalue weighted by Crippen LogP contribution is 2.38. The third-order valence-corrected chi connectivity index (χ3v) is 4.47. The summed E-state index contributed by atoms with van der Waals surface area (Å²) in [5.41, 5.74) is 0.677. The first kappa shape index (κ1) is 15.7. The number of carbonyl (C=O) groups is 1. The first-order valence-electron chi connectivity index (χ1n) is 8.00. The fourth-order valence-corrected chi connectivity index (χ4v) is 3.03. The molecule has 7 nitrogen and oxygen atoms in total. The predicted octanol–water partition coefficient (Wildman–Crippen LogP) is 1.25. The Bertz CT molecular complexity index is 637. The molecule has 1 N–H and O–H groups in total. The van der Waals surface area contributed by atoms with Crippen LogP contribution < -0.4 is 5.32 Å². The number of piperazine rings is 1. The zero-order chi connectivity index (χ0) is 16.3. The summed E-state index contributed by atoms with van der Waals surface area (Å²) in [6, 6.07) is 0.0414. The van der Waals surface area contributed by atoms with Crippen LogP contribution in [-0.2, 0) is 11.8 Å². The second-order valence-corrected chi connectivity index (χ2v) is 6.14. The van der Waals surface area contributed by atoms with Gasteiger partial charge in [0.15, 0.2) is 5.66 Å². The van der Waals surface area contributed by atoms with Crippen LogP contribution in [0.3, 0.4) is 0 Å². The van der Waals surface area contributed by atoms with Gasteiger partial charge in [-0.3, -0.25) is 9.48 Å². The van der Waals surface area contributed by atoms with Gasteiger partial charge in [0, 0.05) is 64.1 Å². The Morgan fingerprint density at radius 3 is 3.00 bits per heavy atom. The maximum atomic E-state index is 12.7. The Kier molecular flexibility index (Phi) is 4.44. The molecule has 1 amide bonds. The Hall–Kier alpha value is -2.20. The minimum atomic E-state index is -0.389. The van der Waals surface area contributed by atoms with Crippen LogP contribution in [0, 0.1) is 12.3 Å². The van der Waals surface area contributed by atoms with E-state index in [0.717, 1.165) is 25.1 Å². The van der Waals surface area contributed by atoms with E-state index in [1.54, 1.807) is 4.68 Å². The zero-order valence-corrected chi connectivity index (χ0v) is 13.4. The van der Waals surface area contributed by atoms with E-state index in [1.807, 2.05) is 24.3 Å². The Labute approximate surface area is 136 Å². The Balaban J connectivity index is 1.60. The van der Waals surface area contributed by atoms with Crippen molar-refractivity contribution < 1.29 is 4.79 Å². The van der Waals surface area contributed by atoms with E-state index >= 15 is 0 Å². The number of hydrogen-bond acceptors (Lipinski definition) is 5. The van der Waals surface area contributed by atoms with Crippen molar-refractivity contribution in [1.82, 2.24) is 20.0 Å². The van der Waals surface area contributed by atoms with E-state index in [4.69, 9.17) is 6.42 Å². The van der Waals surface area contributed by atoms with E-state index in [0.29, 0.717) is 25.8 Å². The third kappa shape index (κ3) is 3.59. The van der Waals surface area contributed by atoms with Gasteiger partial charge in [0.05, 0.1) is 12.2 Å². The average Bonchev–Trinajstić information content (AvgIpc) is 3.22. The number of amides is 1. The molecule has 3 rings (SSSR count). The lowest BCUT2D eigenvalue weighted by Gasteiger charge is -2.36. The number of aryl methyl sites for hydroxylation is 1. The molecule has 2 aliphatic heterocycles. The first-order chi connectivity index (χ1) is 11.1. The van der Waals surface area contributed by atoms with Gasteiger partial charge in [0.25, 0.3) is 0 Å². The van der Waals surface area contributed by atoms with Gasteiger partial charge in [-0.1, -0.05) is 0 Å². The highest BCUT2D eigenvalue weighted by atomic mass is 16.2. The van der Waals surface area contributed by atoms with E-state index in [1.165, 1.54) is 0 Å². The number of hydrogen-bond donors (Lipinski definition) is 1. The van der Waals surface area contributed by atoms with Crippen LogP contribution in [-0.4, -0.2) is 45.9 Å². The molecule has 1 unspecified atom stereocenters. The molecule has 122 valence electrons. The maximum Gasteiger partial charge on any atom is 0.223 e. The van der Waals surface area contributed by atoms with Crippen LogP contribution >= 0.6 is 0 Å². The first-order valence-corrected chi connectivity index (χ1v) is 8.00. The molecule has 0 radical (unpaired) electrons. The summed E-state index contributed by atoms with van der Waals surface area (Å²) in [4.78, 5) is 14.6. The van der Waals surface area contributed by atoms with Crippen molar-refractivity contribution in [2.45, 2.75) is 37.4 Å². The van der Waals surface area contributed by atoms with Crippen LogP contribution in [0.25, 0.3) is 0 Å². The number of rotatable bonds is 6. The molecule has 0 saturated carbocycles. The molecule has 1 fully saturated rings. The molecule has 7 heteroatoms. The molecule has 3 heterocycles. The minimum absolute atomic E-state index is 0.0414. The van der Waals surface area contributed by atoms with Crippen LogP contribution in [0.5, 0.6) is 0 Å². The van der Waals surface area contributed by atoms with Crippen molar-refractivity contribution in [2.75, 3.05) is 19.6 Å². The summed E-state index contributed by atoms with van der Waals surface area (Å²) in [6.45, 7) is 2.29. The maximum absolute atomic E-state index is 12.7. The fraction of sp³-hybridized carbons (Fsp3) is 0.625. The van der Waals surface area contributed by atoms with E-state index in [-0.39, 0.29) is 17.6 Å². The topological polar surface area (TPSA) is 74.9 Å². The standard InChI is InChI=1S/C16H22N6O/c1-3-4-6-16(19-20-16)7-5-15(23)22-9-8-17-11-14(22)13-10-18-21(2)12-13/h1,10,12,14,17H,4-9,11H2,2H3. The molecule has 2 aliphatic rings. The smallest absolute Gasteiger partial charge is 0.223 e. The number of nitrogens with zero attached hydrogens (tertiary/aromatic N) is 5. The van der Waals surface area contributed by atoms with Gasteiger partial charge in [-0.15, -0.1) is 12.3 Å². The second-order valence-electron chi connectivity index (χ2n) is 6.14. The highest BCUT2D eigenvalue weighted by Gasteiger charge is 2.40. The van der Waals surface area contributed by atoms with Crippen LogP contribution in [0.2, 0.25) is 0 Å². The van der Waals surface area contributed by atoms with E-state index in [2.05, 4.69) is 26.6 Å². The number of terminal acetylenes is 1. The molecule has 23 heavy (non-hydrogen) atoms. The zero-order valence-electron chi connectivity index (χ0n) is 13.4. The van der Waals surface area contributed by atoms with Gasteiger partial charge in [-0.2, -0.15) is 15.3 Å². The van der Waals surface area contributed by atoms with Crippen molar-refractivity contribution in [3.05, 3.63) is 18.0 Å². The van der Waals surface area contributed by atoms with Crippen molar-refractivity contribution in [2.24, 2.45) is 17.3 Å². The molecule has 0 bridgehead atoms. The number of carbonyl (C=O) groups excluding carboxylic acids is 1. The molecule has 0 aliphatic carbocycles. The molecular formula is C16H22N6O. The molecule has 1 aromatic heterocycles. The minimum Gasteiger partial charge on any atom is -0.333 e. The van der Waals surface area contributed by atoms with Crippen molar-refractivity contribution in [3.63, 3.8) is 0 Å². The van der Waals surface area contributed by atoms with Crippen molar-refractivity contribution >= 4 is 5.91 Å². The number of aromatic nitrogens is 2. The summed E-state index contributed by atoms with van der Waals surface area (Å²) in [7, 11) is 1.89. The second kappa shape index (κ2) is 6.50. The molecule has 1 atom stereocenters. The Morgan fingerprint density at radius 1 is 1.52 bits per heavy atom. The molecule has 1 aromatic rings. The molecule has 0 aromatic carbocycles. The Morgan fingerprint density at radius 2 is 2.35 bits per heavy atom. The molecular weight excluding hydrogens is 292 g/mol. The predicted molar refractivity (Wildman–Crippen MR) is 85.4 cm³/mol. The molecule has 0 spiro atoms. The van der Waals surface area contributed by atoms with Gasteiger partial charge in [0.1, 0.15) is 0 Å².